The van der Waals surface area contributed by atoms with Crippen molar-refractivity contribution in [2.75, 3.05) is 31.1 Å². The molecular weight excluding hydrogens is 276 g/mol. The number of nitro groups is 1. The maximum atomic E-state index is 11.3. The fourth-order valence-corrected chi connectivity index (χ4v) is 2.30. The third kappa shape index (κ3) is 3.40. The lowest BCUT2D eigenvalue weighted by atomic mass is 10.1. The van der Waals surface area contributed by atoms with Crippen molar-refractivity contribution in [3.05, 3.63) is 28.3 Å². The molecule has 8 nitrogen and oxygen atoms in total. The molecule has 0 aliphatic carbocycles. The van der Waals surface area contributed by atoms with Crippen LogP contribution >= 0.6 is 0 Å². The van der Waals surface area contributed by atoms with E-state index in [4.69, 9.17) is 10.5 Å². The Labute approximate surface area is 122 Å². The lowest BCUT2D eigenvalue weighted by molar-refractivity contribution is -0.385. The zero-order valence-corrected chi connectivity index (χ0v) is 11.7. The van der Waals surface area contributed by atoms with E-state index in [0.717, 1.165) is 5.69 Å². The van der Waals surface area contributed by atoms with Crippen LogP contribution in [0.1, 0.15) is 6.92 Å². The van der Waals surface area contributed by atoms with E-state index in [0.29, 0.717) is 26.2 Å². The van der Waals surface area contributed by atoms with Gasteiger partial charge in [0.15, 0.2) is 5.75 Å². The van der Waals surface area contributed by atoms with Crippen molar-refractivity contribution < 1.29 is 14.5 Å². The summed E-state index contributed by atoms with van der Waals surface area (Å²) in [5, 5.41) is 14.0. The maximum Gasteiger partial charge on any atom is 0.311 e. The van der Waals surface area contributed by atoms with Gasteiger partial charge in [0.2, 0.25) is 5.91 Å². The standard InChI is InChI=1S/C13H18N4O4/c1-2-21-12-7-9(3-4-11(12)17(19)20)16-6-5-15-10(8-16)13(14)18/h3-4,7,10,15H,2,5-6,8H2,1H3,(H2,14,18). The van der Waals surface area contributed by atoms with Crippen molar-refractivity contribution in [2.24, 2.45) is 5.73 Å². The number of rotatable bonds is 5. The highest BCUT2D eigenvalue weighted by Gasteiger charge is 2.25. The van der Waals surface area contributed by atoms with Gasteiger partial charge in [-0.2, -0.15) is 0 Å². The van der Waals surface area contributed by atoms with Gasteiger partial charge in [-0.05, 0) is 13.0 Å². The highest BCUT2D eigenvalue weighted by molar-refractivity contribution is 5.81. The van der Waals surface area contributed by atoms with Crippen molar-refractivity contribution in [1.82, 2.24) is 5.32 Å². The number of ether oxygens (including phenoxy) is 1. The molecule has 1 amide bonds. The number of primary amides is 1. The predicted octanol–water partition coefficient (Wildman–Crippen LogP) is 0.257. The molecule has 1 aromatic carbocycles. The molecule has 8 heteroatoms. The molecular formula is C13H18N4O4. The molecule has 0 spiro atoms. The number of nitrogens with one attached hydrogen (secondary N) is 1. The summed E-state index contributed by atoms with van der Waals surface area (Å²) in [4.78, 5) is 23.7. The van der Waals surface area contributed by atoms with Gasteiger partial charge in [0.25, 0.3) is 0 Å². The highest BCUT2D eigenvalue weighted by atomic mass is 16.6. The number of hydrogen-bond acceptors (Lipinski definition) is 6. The molecule has 3 N–H and O–H groups in total. The van der Waals surface area contributed by atoms with Crippen LogP contribution in [-0.2, 0) is 4.79 Å². The summed E-state index contributed by atoms with van der Waals surface area (Å²) in [7, 11) is 0. The fourth-order valence-electron chi connectivity index (χ4n) is 2.30. The number of nitrogens with zero attached hydrogens (tertiary/aromatic N) is 2. The van der Waals surface area contributed by atoms with E-state index in [1.165, 1.54) is 6.07 Å². The average molecular weight is 294 g/mol. The molecule has 21 heavy (non-hydrogen) atoms. The molecule has 1 unspecified atom stereocenters. The first-order valence-electron chi connectivity index (χ1n) is 6.71. The molecule has 2 rings (SSSR count). The van der Waals surface area contributed by atoms with E-state index in [1.54, 1.807) is 19.1 Å². The Morgan fingerprint density at radius 1 is 1.62 bits per heavy atom. The number of anilines is 1. The number of piperazine rings is 1. The van der Waals surface area contributed by atoms with Gasteiger partial charge in [-0.25, -0.2) is 0 Å². The lowest BCUT2D eigenvalue weighted by Crippen LogP contribution is -2.56. The van der Waals surface area contributed by atoms with Gasteiger partial charge in [-0.15, -0.1) is 0 Å². The summed E-state index contributed by atoms with van der Waals surface area (Å²) in [6, 6.07) is 4.28. The minimum atomic E-state index is -0.473. The van der Waals surface area contributed by atoms with E-state index < -0.39 is 16.9 Å². The van der Waals surface area contributed by atoms with E-state index in [1.807, 2.05) is 4.90 Å². The average Bonchev–Trinajstić information content (AvgIpc) is 2.47. The van der Waals surface area contributed by atoms with Crippen LogP contribution in [0.15, 0.2) is 18.2 Å². The van der Waals surface area contributed by atoms with Gasteiger partial charge in [0, 0.05) is 37.5 Å². The monoisotopic (exact) mass is 294 g/mol. The first-order chi connectivity index (χ1) is 10.0. The molecule has 1 fully saturated rings. The molecule has 0 aromatic heterocycles. The van der Waals surface area contributed by atoms with E-state index in [-0.39, 0.29) is 11.4 Å². The highest BCUT2D eigenvalue weighted by Crippen LogP contribution is 2.32. The van der Waals surface area contributed by atoms with Crippen LogP contribution < -0.4 is 20.7 Å². The Balaban J connectivity index is 2.25. The molecule has 1 aliphatic heterocycles. The number of nitrogens with two attached hydrogens (primary N) is 1. The number of carbonyl (C=O) groups is 1. The van der Waals surface area contributed by atoms with Gasteiger partial charge >= 0.3 is 5.69 Å². The normalized spacial score (nSPS) is 18.3. The second kappa shape index (κ2) is 6.40. The molecule has 1 heterocycles. The number of hydrogen-bond donors (Lipinski definition) is 2. The zero-order valence-electron chi connectivity index (χ0n) is 11.7. The maximum absolute atomic E-state index is 11.3. The first-order valence-corrected chi connectivity index (χ1v) is 6.71. The number of amides is 1. The summed E-state index contributed by atoms with van der Waals surface area (Å²) in [6.07, 6.45) is 0. The van der Waals surface area contributed by atoms with Gasteiger partial charge in [-0.1, -0.05) is 0 Å². The van der Waals surface area contributed by atoms with E-state index in [2.05, 4.69) is 5.32 Å². The number of nitro benzene ring substituents is 1. The Hall–Kier alpha value is -2.35. The Morgan fingerprint density at radius 2 is 2.38 bits per heavy atom. The second-order valence-electron chi connectivity index (χ2n) is 4.70. The third-order valence-electron chi connectivity index (χ3n) is 3.32. The molecule has 114 valence electrons. The molecule has 0 bridgehead atoms. The first kappa shape index (κ1) is 15.0. The van der Waals surface area contributed by atoms with E-state index >= 15 is 0 Å². The minimum absolute atomic E-state index is 0.0674. The topological polar surface area (TPSA) is 111 Å². The van der Waals surface area contributed by atoms with E-state index in [9.17, 15) is 14.9 Å². The Kier molecular flexibility index (Phi) is 4.59. The van der Waals surface area contributed by atoms with Gasteiger partial charge in [-0.3, -0.25) is 14.9 Å². The smallest absolute Gasteiger partial charge is 0.311 e. The summed E-state index contributed by atoms with van der Waals surface area (Å²) < 4.78 is 5.33. The molecule has 1 atom stereocenters. The quantitative estimate of drug-likeness (QED) is 0.595. The fraction of sp³-hybridized carbons (Fsp3) is 0.462. The van der Waals surface area contributed by atoms with Crippen LogP contribution in [-0.4, -0.2) is 43.1 Å². The van der Waals surface area contributed by atoms with Crippen LogP contribution in [0.25, 0.3) is 0 Å². The van der Waals surface area contributed by atoms with Crippen LogP contribution in [0.5, 0.6) is 5.75 Å². The van der Waals surface area contributed by atoms with Crippen molar-refractivity contribution in [3.63, 3.8) is 0 Å². The van der Waals surface area contributed by atoms with Crippen molar-refractivity contribution in [1.29, 1.82) is 0 Å². The van der Waals surface area contributed by atoms with Crippen LogP contribution in [0.2, 0.25) is 0 Å². The van der Waals surface area contributed by atoms with Gasteiger partial charge < -0.3 is 20.7 Å². The van der Waals surface area contributed by atoms with Gasteiger partial charge in [0.05, 0.1) is 11.5 Å². The molecule has 1 aliphatic rings. The zero-order chi connectivity index (χ0) is 15.4. The van der Waals surface area contributed by atoms with Crippen molar-refractivity contribution >= 4 is 17.3 Å². The van der Waals surface area contributed by atoms with Crippen molar-refractivity contribution in [3.8, 4) is 5.75 Å². The van der Waals surface area contributed by atoms with Crippen LogP contribution in [0, 0.1) is 10.1 Å². The summed E-state index contributed by atoms with van der Waals surface area (Å²) in [5.74, 6) is -0.180. The molecule has 0 saturated carbocycles. The predicted molar refractivity (Wildman–Crippen MR) is 77.5 cm³/mol. The number of benzene rings is 1. The minimum Gasteiger partial charge on any atom is -0.487 e. The number of carbonyl (C=O) groups excluding carboxylic acids is 1. The Morgan fingerprint density at radius 3 is 3.00 bits per heavy atom. The summed E-state index contributed by atoms with van der Waals surface area (Å²) >= 11 is 0. The summed E-state index contributed by atoms with van der Waals surface area (Å²) in [5.41, 5.74) is 6.01. The SMILES string of the molecule is CCOc1cc(N2CCNC(C(N)=O)C2)ccc1[N+](=O)[O-]. The molecule has 1 saturated heterocycles. The molecule has 1 aromatic rings. The third-order valence-corrected chi connectivity index (χ3v) is 3.32. The Bertz CT molecular complexity index is 549. The van der Waals surface area contributed by atoms with Crippen LogP contribution in [0.3, 0.4) is 0 Å². The second-order valence-corrected chi connectivity index (χ2v) is 4.70. The lowest BCUT2D eigenvalue weighted by Gasteiger charge is -2.33. The summed E-state index contributed by atoms with van der Waals surface area (Å²) in [6.45, 7) is 3.85. The largest absolute Gasteiger partial charge is 0.487 e. The van der Waals surface area contributed by atoms with Gasteiger partial charge in [0.1, 0.15) is 6.04 Å². The van der Waals surface area contributed by atoms with Crippen LogP contribution in [0.4, 0.5) is 11.4 Å². The molecule has 0 radical (unpaired) electrons. The van der Waals surface area contributed by atoms with Crippen molar-refractivity contribution in [2.45, 2.75) is 13.0 Å².